The zero-order valence-corrected chi connectivity index (χ0v) is 17.3. The fourth-order valence-electron chi connectivity index (χ4n) is 4.11. The molecule has 1 saturated heterocycles. The molecule has 1 aliphatic rings. The minimum atomic E-state index is 0.0557. The molecule has 0 bridgehead atoms. The molecule has 0 unspecified atom stereocenters. The first-order chi connectivity index (χ1) is 14.6. The number of aromatic nitrogens is 1. The van der Waals surface area contributed by atoms with Crippen molar-refractivity contribution < 1.29 is 4.79 Å². The van der Waals surface area contributed by atoms with Crippen LogP contribution in [-0.2, 0) is 0 Å². The Kier molecular flexibility index (Phi) is 5.94. The summed E-state index contributed by atoms with van der Waals surface area (Å²) in [5.74, 6) is 0.510. The second-order valence-electron chi connectivity index (χ2n) is 7.88. The second-order valence-corrected chi connectivity index (χ2v) is 7.88. The zero-order valence-electron chi connectivity index (χ0n) is 17.3. The van der Waals surface area contributed by atoms with Crippen LogP contribution in [0.5, 0.6) is 0 Å². The molecular formula is C26H27N3O. The highest BCUT2D eigenvalue weighted by Gasteiger charge is 2.25. The van der Waals surface area contributed by atoms with Crippen LogP contribution in [0.3, 0.4) is 0 Å². The van der Waals surface area contributed by atoms with Gasteiger partial charge in [0.05, 0.1) is 5.56 Å². The largest absolute Gasteiger partial charge is 0.399 e. The van der Waals surface area contributed by atoms with E-state index in [9.17, 15) is 4.79 Å². The lowest BCUT2D eigenvalue weighted by atomic mass is 9.86. The van der Waals surface area contributed by atoms with Crippen LogP contribution in [0.4, 0.5) is 5.69 Å². The molecule has 0 spiro atoms. The third-order valence-electron chi connectivity index (χ3n) is 5.91. The molecule has 30 heavy (non-hydrogen) atoms. The van der Waals surface area contributed by atoms with Crippen molar-refractivity contribution in [3.8, 4) is 0 Å². The predicted octanol–water partition coefficient (Wildman–Crippen LogP) is 5.16. The van der Waals surface area contributed by atoms with E-state index >= 15 is 0 Å². The molecule has 4 rings (SSSR count). The van der Waals surface area contributed by atoms with Gasteiger partial charge in [0.2, 0.25) is 0 Å². The van der Waals surface area contributed by atoms with E-state index in [-0.39, 0.29) is 5.91 Å². The summed E-state index contributed by atoms with van der Waals surface area (Å²) < 4.78 is 0. The van der Waals surface area contributed by atoms with Crippen molar-refractivity contribution in [1.29, 1.82) is 0 Å². The number of carbonyl (C=O) groups excluding carboxylic acids is 1. The number of nitrogens with zero attached hydrogens (tertiary/aromatic N) is 2. The summed E-state index contributed by atoms with van der Waals surface area (Å²) >= 11 is 0. The van der Waals surface area contributed by atoms with Gasteiger partial charge in [-0.15, -0.1) is 0 Å². The number of hydrogen-bond acceptors (Lipinski definition) is 3. The molecular weight excluding hydrogens is 370 g/mol. The van der Waals surface area contributed by atoms with Crippen molar-refractivity contribution >= 4 is 23.7 Å². The molecule has 2 N–H and O–H groups in total. The molecule has 1 aromatic heterocycles. The summed E-state index contributed by atoms with van der Waals surface area (Å²) in [6.45, 7) is 3.59. The van der Waals surface area contributed by atoms with E-state index in [0.717, 1.165) is 42.7 Å². The molecule has 0 radical (unpaired) electrons. The molecule has 1 amide bonds. The highest BCUT2D eigenvalue weighted by molar-refractivity contribution is 5.94. The van der Waals surface area contributed by atoms with E-state index in [4.69, 9.17) is 5.73 Å². The lowest BCUT2D eigenvalue weighted by Gasteiger charge is -2.33. The van der Waals surface area contributed by atoms with Crippen LogP contribution in [0, 0.1) is 6.92 Å². The van der Waals surface area contributed by atoms with E-state index in [1.807, 2.05) is 65.6 Å². The number of anilines is 1. The number of amides is 1. The number of rotatable bonds is 4. The van der Waals surface area contributed by atoms with Gasteiger partial charge in [-0.3, -0.25) is 9.78 Å². The molecule has 152 valence electrons. The fourth-order valence-corrected chi connectivity index (χ4v) is 4.11. The molecule has 2 aromatic carbocycles. The van der Waals surface area contributed by atoms with E-state index in [1.54, 1.807) is 12.4 Å². The van der Waals surface area contributed by atoms with Crippen LogP contribution >= 0.6 is 0 Å². The van der Waals surface area contributed by atoms with Gasteiger partial charge in [0.1, 0.15) is 0 Å². The highest BCUT2D eigenvalue weighted by atomic mass is 16.2. The molecule has 4 heteroatoms. The van der Waals surface area contributed by atoms with Gasteiger partial charge >= 0.3 is 0 Å². The van der Waals surface area contributed by atoms with Crippen molar-refractivity contribution in [3.05, 3.63) is 94.8 Å². The van der Waals surface area contributed by atoms with Crippen molar-refractivity contribution in [2.45, 2.75) is 25.7 Å². The maximum absolute atomic E-state index is 13.0. The summed E-state index contributed by atoms with van der Waals surface area (Å²) in [6, 6.07) is 18.2. The zero-order chi connectivity index (χ0) is 20.9. The molecule has 0 saturated carbocycles. The van der Waals surface area contributed by atoms with Crippen molar-refractivity contribution in [3.63, 3.8) is 0 Å². The minimum absolute atomic E-state index is 0.0557. The van der Waals surface area contributed by atoms with Gasteiger partial charge in [0, 0.05) is 31.2 Å². The predicted molar refractivity (Wildman–Crippen MR) is 123 cm³/mol. The lowest BCUT2D eigenvalue weighted by molar-refractivity contribution is 0.0712. The Morgan fingerprint density at radius 2 is 1.73 bits per heavy atom. The molecule has 1 fully saturated rings. The molecule has 0 aliphatic carbocycles. The number of carbonyl (C=O) groups is 1. The number of benzene rings is 2. The summed E-state index contributed by atoms with van der Waals surface area (Å²) in [7, 11) is 0. The Labute approximate surface area is 178 Å². The quantitative estimate of drug-likeness (QED) is 0.619. The average Bonchev–Trinajstić information content (AvgIpc) is 2.80. The van der Waals surface area contributed by atoms with Crippen molar-refractivity contribution in [2.24, 2.45) is 0 Å². The number of nitrogens with two attached hydrogens (primary N) is 1. The number of likely N-dealkylation sites (tertiary alicyclic amines) is 1. The standard InChI is InChI=1S/C26H27N3O/c1-19-24(8-5-9-25(19)27)22-12-14-29(15-13-22)26(30)23-16-21(17-28-18-23)11-10-20-6-3-2-4-7-20/h2-11,16-18,22H,12-15,27H2,1H3. The third kappa shape index (κ3) is 4.43. The average molecular weight is 398 g/mol. The molecule has 0 atom stereocenters. The normalized spacial score (nSPS) is 14.9. The maximum Gasteiger partial charge on any atom is 0.255 e. The smallest absolute Gasteiger partial charge is 0.255 e. The number of pyridine rings is 1. The Hall–Kier alpha value is -3.40. The van der Waals surface area contributed by atoms with Gasteiger partial charge in [0.15, 0.2) is 0 Å². The monoisotopic (exact) mass is 397 g/mol. The summed E-state index contributed by atoms with van der Waals surface area (Å²) in [5.41, 5.74) is 12.1. The second kappa shape index (κ2) is 8.95. The Bertz CT molecular complexity index is 1050. The van der Waals surface area contributed by atoms with Crippen LogP contribution in [-0.4, -0.2) is 28.9 Å². The van der Waals surface area contributed by atoms with Crippen LogP contribution in [0.2, 0.25) is 0 Å². The van der Waals surface area contributed by atoms with Crippen LogP contribution in [0.1, 0.15) is 51.4 Å². The maximum atomic E-state index is 13.0. The molecule has 1 aliphatic heterocycles. The van der Waals surface area contributed by atoms with E-state index in [0.29, 0.717) is 11.5 Å². The molecule has 2 heterocycles. The van der Waals surface area contributed by atoms with E-state index in [2.05, 4.69) is 18.0 Å². The van der Waals surface area contributed by atoms with Gasteiger partial charge < -0.3 is 10.6 Å². The first-order valence-electron chi connectivity index (χ1n) is 10.4. The van der Waals surface area contributed by atoms with E-state index in [1.165, 1.54) is 11.1 Å². The van der Waals surface area contributed by atoms with Gasteiger partial charge in [0.25, 0.3) is 5.91 Å². The van der Waals surface area contributed by atoms with Crippen LogP contribution in [0.25, 0.3) is 12.2 Å². The first kappa shape index (κ1) is 19.9. The Morgan fingerprint density at radius 1 is 1.00 bits per heavy atom. The van der Waals surface area contributed by atoms with E-state index < -0.39 is 0 Å². The SMILES string of the molecule is Cc1c(N)cccc1C1CCN(C(=O)c2cncc(C=Cc3ccccc3)c2)CC1. The Balaban J connectivity index is 1.42. The lowest BCUT2D eigenvalue weighted by Crippen LogP contribution is -2.38. The molecule has 4 nitrogen and oxygen atoms in total. The van der Waals surface area contributed by atoms with Gasteiger partial charge in [-0.2, -0.15) is 0 Å². The van der Waals surface area contributed by atoms with Gasteiger partial charge in [-0.05, 0) is 60.1 Å². The number of nitrogen functional groups attached to an aromatic ring is 1. The fraction of sp³-hybridized carbons (Fsp3) is 0.231. The summed E-state index contributed by atoms with van der Waals surface area (Å²) in [5, 5.41) is 0. The third-order valence-corrected chi connectivity index (χ3v) is 5.91. The number of hydrogen-bond donors (Lipinski definition) is 1. The number of piperidine rings is 1. The Morgan fingerprint density at radius 3 is 2.50 bits per heavy atom. The summed E-state index contributed by atoms with van der Waals surface area (Å²) in [6.07, 6.45) is 9.38. The van der Waals surface area contributed by atoms with Crippen molar-refractivity contribution in [1.82, 2.24) is 9.88 Å². The summed E-state index contributed by atoms with van der Waals surface area (Å²) in [4.78, 5) is 19.3. The van der Waals surface area contributed by atoms with Crippen molar-refractivity contribution in [2.75, 3.05) is 18.8 Å². The topological polar surface area (TPSA) is 59.2 Å². The molecule has 3 aromatic rings. The van der Waals surface area contributed by atoms with Gasteiger partial charge in [-0.1, -0.05) is 54.6 Å². The van der Waals surface area contributed by atoms with Gasteiger partial charge in [-0.25, -0.2) is 0 Å². The highest BCUT2D eigenvalue weighted by Crippen LogP contribution is 2.32. The van der Waals surface area contributed by atoms with Crippen LogP contribution in [0.15, 0.2) is 67.0 Å². The first-order valence-corrected chi connectivity index (χ1v) is 10.4. The van der Waals surface area contributed by atoms with Crippen LogP contribution < -0.4 is 5.73 Å². The minimum Gasteiger partial charge on any atom is -0.399 e.